The van der Waals surface area contributed by atoms with Crippen LogP contribution in [0.2, 0.25) is 0 Å². The molecular weight excluding hydrogens is 256 g/mol. The van der Waals surface area contributed by atoms with E-state index in [2.05, 4.69) is 10.3 Å². The minimum absolute atomic E-state index is 0.180. The molecule has 0 spiro atoms. The van der Waals surface area contributed by atoms with Crippen LogP contribution >= 0.6 is 0 Å². The van der Waals surface area contributed by atoms with Gasteiger partial charge >= 0.3 is 5.97 Å². The van der Waals surface area contributed by atoms with Crippen LogP contribution in [0.3, 0.4) is 0 Å². The molecule has 5 heteroatoms. The van der Waals surface area contributed by atoms with Crippen molar-refractivity contribution in [2.24, 2.45) is 0 Å². The number of carbonyl (C=O) groups is 1. The molecule has 1 unspecified atom stereocenters. The van der Waals surface area contributed by atoms with Crippen molar-refractivity contribution in [1.29, 1.82) is 0 Å². The Morgan fingerprint density at radius 2 is 2.15 bits per heavy atom. The maximum absolute atomic E-state index is 11.1. The summed E-state index contributed by atoms with van der Waals surface area (Å²) in [6, 6.07) is 8.82. The summed E-state index contributed by atoms with van der Waals surface area (Å²) in [5.41, 5.74) is 0.916. The van der Waals surface area contributed by atoms with E-state index < -0.39 is 5.97 Å². The van der Waals surface area contributed by atoms with Gasteiger partial charge in [-0.1, -0.05) is 6.07 Å². The standard InChI is InChI=1S/C15H18N2O3/c1-10(4-3-9-18)16-14-8-7-11-12(15(19)20)5-2-6-13(11)17-14/h2,5-8,10,18H,3-4,9H2,1H3,(H,16,17)(H,19,20). The predicted molar refractivity (Wildman–Crippen MR) is 78.1 cm³/mol. The zero-order chi connectivity index (χ0) is 14.5. The van der Waals surface area contributed by atoms with E-state index in [0.717, 1.165) is 12.8 Å². The molecule has 1 aromatic carbocycles. The summed E-state index contributed by atoms with van der Waals surface area (Å²) in [6.45, 7) is 2.20. The highest BCUT2D eigenvalue weighted by atomic mass is 16.4. The summed E-state index contributed by atoms with van der Waals surface area (Å²) in [7, 11) is 0. The molecule has 0 fully saturated rings. The van der Waals surface area contributed by atoms with E-state index in [-0.39, 0.29) is 18.2 Å². The molecule has 0 radical (unpaired) electrons. The van der Waals surface area contributed by atoms with Crippen molar-refractivity contribution in [1.82, 2.24) is 4.98 Å². The van der Waals surface area contributed by atoms with Gasteiger partial charge in [0, 0.05) is 18.0 Å². The Balaban J connectivity index is 2.24. The molecule has 0 aliphatic carbocycles. The number of benzene rings is 1. The molecule has 0 amide bonds. The first-order chi connectivity index (χ1) is 9.61. The minimum atomic E-state index is -0.950. The lowest BCUT2D eigenvalue weighted by Gasteiger charge is -2.14. The van der Waals surface area contributed by atoms with Gasteiger partial charge < -0.3 is 15.5 Å². The van der Waals surface area contributed by atoms with Gasteiger partial charge in [-0.25, -0.2) is 9.78 Å². The zero-order valence-electron chi connectivity index (χ0n) is 11.3. The SMILES string of the molecule is CC(CCCO)Nc1ccc2c(C(=O)O)cccc2n1. The Morgan fingerprint density at radius 3 is 2.85 bits per heavy atom. The molecule has 0 aliphatic rings. The predicted octanol–water partition coefficient (Wildman–Crippen LogP) is 2.51. The van der Waals surface area contributed by atoms with Crippen LogP contribution in [0.25, 0.3) is 10.9 Å². The number of fused-ring (bicyclic) bond motifs is 1. The van der Waals surface area contributed by atoms with Crippen LogP contribution in [-0.2, 0) is 0 Å². The molecule has 0 aliphatic heterocycles. The summed E-state index contributed by atoms with van der Waals surface area (Å²) in [4.78, 5) is 15.6. The van der Waals surface area contributed by atoms with E-state index >= 15 is 0 Å². The Morgan fingerprint density at radius 1 is 1.35 bits per heavy atom. The quantitative estimate of drug-likeness (QED) is 0.754. The second kappa shape index (κ2) is 6.34. The van der Waals surface area contributed by atoms with Crippen LogP contribution in [0.4, 0.5) is 5.82 Å². The van der Waals surface area contributed by atoms with E-state index in [1.165, 1.54) is 0 Å². The lowest BCUT2D eigenvalue weighted by molar-refractivity contribution is 0.0699. The number of aromatic carboxylic acids is 1. The van der Waals surface area contributed by atoms with E-state index in [1.54, 1.807) is 30.3 Å². The van der Waals surface area contributed by atoms with Crippen molar-refractivity contribution < 1.29 is 15.0 Å². The number of nitrogens with one attached hydrogen (secondary N) is 1. The third-order valence-electron chi connectivity index (χ3n) is 3.15. The second-order valence-electron chi connectivity index (χ2n) is 4.79. The number of aliphatic hydroxyl groups is 1. The van der Waals surface area contributed by atoms with Crippen molar-refractivity contribution in [3.05, 3.63) is 35.9 Å². The van der Waals surface area contributed by atoms with E-state index in [1.807, 2.05) is 6.92 Å². The lowest BCUT2D eigenvalue weighted by atomic mass is 10.1. The van der Waals surface area contributed by atoms with Crippen molar-refractivity contribution in [3.8, 4) is 0 Å². The van der Waals surface area contributed by atoms with Crippen LogP contribution in [0.1, 0.15) is 30.1 Å². The molecule has 1 heterocycles. The first-order valence-electron chi connectivity index (χ1n) is 6.62. The largest absolute Gasteiger partial charge is 0.478 e. The topological polar surface area (TPSA) is 82.5 Å². The molecule has 3 N–H and O–H groups in total. The number of hydrogen-bond acceptors (Lipinski definition) is 4. The maximum atomic E-state index is 11.1. The van der Waals surface area contributed by atoms with Gasteiger partial charge in [0.2, 0.25) is 0 Å². The zero-order valence-corrected chi connectivity index (χ0v) is 11.3. The Hall–Kier alpha value is -2.14. The van der Waals surface area contributed by atoms with Gasteiger partial charge in [0.1, 0.15) is 5.82 Å². The highest BCUT2D eigenvalue weighted by Gasteiger charge is 2.09. The molecule has 5 nitrogen and oxygen atoms in total. The normalized spacial score (nSPS) is 12.3. The average Bonchev–Trinajstić information content (AvgIpc) is 2.44. The molecule has 1 atom stereocenters. The molecule has 0 bridgehead atoms. The van der Waals surface area contributed by atoms with Crippen LogP contribution in [0.15, 0.2) is 30.3 Å². The number of hydrogen-bond donors (Lipinski definition) is 3. The number of carboxylic acid groups (broad SMARTS) is 1. The van der Waals surface area contributed by atoms with Crippen LogP contribution < -0.4 is 5.32 Å². The van der Waals surface area contributed by atoms with Gasteiger partial charge in [0.25, 0.3) is 0 Å². The van der Waals surface area contributed by atoms with Gasteiger partial charge in [-0.05, 0) is 44.0 Å². The van der Waals surface area contributed by atoms with Gasteiger partial charge in [-0.2, -0.15) is 0 Å². The van der Waals surface area contributed by atoms with Crippen LogP contribution in [0.5, 0.6) is 0 Å². The number of aliphatic hydroxyl groups excluding tert-OH is 1. The fourth-order valence-corrected chi connectivity index (χ4v) is 2.14. The fourth-order valence-electron chi connectivity index (χ4n) is 2.14. The van der Waals surface area contributed by atoms with Crippen molar-refractivity contribution in [2.45, 2.75) is 25.8 Å². The highest BCUT2D eigenvalue weighted by Crippen LogP contribution is 2.20. The third kappa shape index (κ3) is 3.24. The number of anilines is 1. The highest BCUT2D eigenvalue weighted by molar-refractivity contribution is 6.02. The number of rotatable bonds is 6. The average molecular weight is 274 g/mol. The first-order valence-corrected chi connectivity index (χ1v) is 6.62. The van der Waals surface area contributed by atoms with Crippen LogP contribution in [-0.4, -0.2) is 33.8 Å². The van der Waals surface area contributed by atoms with Crippen molar-refractivity contribution in [3.63, 3.8) is 0 Å². The third-order valence-corrected chi connectivity index (χ3v) is 3.15. The molecule has 1 aromatic heterocycles. The van der Waals surface area contributed by atoms with Crippen molar-refractivity contribution in [2.75, 3.05) is 11.9 Å². The number of nitrogens with zero attached hydrogens (tertiary/aromatic N) is 1. The summed E-state index contributed by atoms with van der Waals surface area (Å²) >= 11 is 0. The molecule has 106 valence electrons. The molecule has 20 heavy (non-hydrogen) atoms. The van der Waals surface area contributed by atoms with Gasteiger partial charge in [0.15, 0.2) is 0 Å². The van der Waals surface area contributed by atoms with Gasteiger partial charge in [-0.3, -0.25) is 0 Å². The number of pyridine rings is 1. The van der Waals surface area contributed by atoms with Crippen molar-refractivity contribution >= 4 is 22.7 Å². The lowest BCUT2D eigenvalue weighted by Crippen LogP contribution is -2.16. The van der Waals surface area contributed by atoms with E-state index in [0.29, 0.717) is 16.7 Å². The summed E-state index contributed by atoms with van der Waals surface area (Å²) in [5.74, 6) is -0.236. The summed E-state index contributed by atoms with van der Waals surface area (Å²) in [5, 5.41) is 21.8. The molecule has 2 rings (SSSR count). The van der Waals surface area contributed by atoms with E-state index in [9.17, 15) is 4.79 Å². The second-order valence-corrected chi connectivity index (χ2v) is 4.79. The van der Waals surface area contributed by atoms with Gasteiger partial charge in [-0.15, -0.1) is 0 Å². The summed E-state index contributed by atoms with van der Waals surface area (Å²) < 4.78 is 0. The van der Waals surface area contributed by atoms with Crippen LogP contribution in [0, 0.1) is 0 Å². The molecule has 0 saturated carbocycles. The number of aromatic nitrogens is 1. The van der Waals surface area contributed by atoms with E-state index in [4.69, 9.17) is 10.2 Å². The Bertz CT molecular complexity index is 613. The maximum Gasteiger partial charge on any atom is 0.336 e. The molecule has 2 aromatic rings. The smallest absolute Gasteiger partial charge is 0.336 e. The first kappa shape index (κ1) is 14.3. The molecular formula is C15H18N2O3. The monoisotopic (exact) mass is 274 g/mol. The van der Waals surface area contributed by atoms with Gasteiger partial charge in [0.05, 0.1) is 11.1 Å². The molecule has 0 saturated heterocycles. The summed E-state index contributed by atoms with van der Waals surface area (Å²) in [6.07, 6.45) is 1.59. The Kier molecular flexibility index (Phi) is 4.53. The fraction of sp³-hybridized carbons (Fsp3) is 0.333. The minimum Gasteiger partial charge on any atom is -0.478 e. The Labute approximate surface area is 117 Å². The number of carboxylic acids is 1.